The maximum atomic E-state index is 3.83. The third kappa shape index (κ3) is 25.5. The van der Waals surface area contributed by atoms with Crippen molar-refractivity contribution in [1.82, 2.24) is 0 Å². The Labute approximate surface area is 111 Å². The van der Waals surface area contributed by atoms with Crippen LogP contribution in [0.2, 0.25) is 0 Å². The molecule has 17 heavy (non-hydrogen) atoms. The molecule has 0 aromatic heterocycles. The molecule has 0 saturated carbocycles. The van der Waals surface area contributed by atoms with Crippen molar-refractivity contribution in [3.05, 3.63) is 36.0 Å². The molecule has 0 unspecified atom stereocenters. The molecule has 0 atom stereocenters. The van der Waals surface area contributed by atoms with Gasteiger partial charge >= 0.3 is 0 Å². The first kappa shape index (κ1) is 21.5. The number of hydrogen-bond acceptors (Lipinski definition) is 0. The fraction of sp³-hybridized carbons (Fsp3) is 0.647. The summed E-state index contributed by atoms with van der Waals surface area (Å²) in [6, 6.07) is 0. The van der Waals surface area contributed by atoms with Crippen LogP contribution in [0.5, 0.6) is 0 Å². The molecule has 0 rings (SSSR count). The van der Waals surface area contributed by atoms with Crippen molar-refractivity contribution < 1.29 is 0 Å². The summed E-state index contributed by atoms with van der Waals surface area (Å²) in [4.78, 5) is 0. The molecule has 0 saturated heterocycles. The molecule has 0 heteroatoms. The topological polar surface area (TPSA) is 0 Å². The molecule has 0 aliphatic rings. The van der Waals surface area contributed by atoms with E-state index in [0.717, 1.165) is 5.57 Å². The van der Waals surface area contributed by atoms with Crippen LogP contribution in [0, 0.1) is 0 Å². The number of rotatable bonds is 5. The summed E-state index contributed by atoms with van der Waals surface area (Å²) in [6.07, 6.45) is 11.4. The molecule has 0 fully saturated rings. The highest BCUT2D eigenvalue weighted by molar-refractivity contribution is 5.24. The van der Waals surface area contributed by atoms with E-state index in [1.54, 1.807) is 0 Å². The van der Waals surface area contributed by atoms with E-state index < -0.39 is 0 Å². The molecule has 0 radical (unpaired) electrons. The van der Waals surface area contributed by atoms with Crippen LogP contribution in [0.3, 0.4) is 0 Å². The lowest BCUT2D eigenvalue weighted by atomic mass is 10.1. The third-order valence-corrected chi connectivity index (χ3v) is 1.77. The standard InChI is InChI=1S/C12H20.C3H8.C2H6/c1-5-7-8-12(6-2)10-9-11(3)4;1-3-2;1-2/h6,9-10H,3,5,7-8H2,1-2,4H3;3H2,1-2H3;1-2H3/b10-9-,12-6-;;. The first-order valence-corrected chi connectivity index (χ1v) is 7.11. The SMILES string of the molecule is C=C(C)/C=C\C(=C/C)CCCC.CC.CCC. The van der Waals surface area contributed by atoms with Crippen molar-refractivity contribution in [2.24, 2.45) is 0 Å². The van der Waals surface area contributed by atoms with Crippen LogP contribution in [-0.4, -0.2) is 0 Å². The lowest BCUT2D eigenvalue weighted by molar-refractivity contribution is 0.797. The predicted octanol–water partition coefficient (Wildman–Crippen LogP) is 6.70. The van der Waals surface area contributed by atoms with Crippen molar-refractivity contribution in [1.29, 1.82) is 0 Å². The summed E-state index contributed by atoms with van der Waals surface area (Å²) in [5, 5.41) is 0. The maximum Gasteiger partial charge on any atom is -0.0282 e. The van der Waals surface area contributed by atoms with Crippen molar-refractivity contribution in [3.63, 3.8) is 0 Å². The summed E-state index contributed by atoms with van der Waals surface area (Å²) in [5.74, 6) is 0. The Morgan fingerprint density at radius 3 is 1.82 bits per heavy atom. The zero-order chi connectivity index (χ0) is 14.1. The van der Waals surface area contributed by atoms with Gasteiger partial charge in [-0.1, -0.05) is 83.4 Å². The zero-order valence-corrected chi connectivity index (χ0v) is 13.3. The summed E-state index contributed by atoms with van der Waals surface area (Å²) < 4.78 is 0. The highest BCUT2D eigenvalue weighted by Crippen LogP contribution is 2.09. The van der Waals surface area contributed by atoms with E-state index in [9.17, 15) is 0 Å². The molecule has 0 heterocycles. The fourth-order valence-corrected chi connectivity index (χ4v) is 0.954. The van der Waals surface area contributed by atoms with E-state index in [2.05, 4.69) is 52.5 Å². The van der Waals surface area contributed by atoms with E-state index in [0.29, 0.717) is 0 Å². The Balaban J connectivity index is -0.000000337. The maximum absolute atomic E-state index is 3.83. The summed E-state index contributed by atoms with van der Waals surface area (Å²) in [5.41, 5.74) is 2.53. The van der Waals surface area contributed by atoms with Gasteiger partial charge in [-0.2, -0.15) is 0 Å². The molecular weight excluding hydrogens is 204 g/mol. The molecule has 0 bridgehead atoms. The van der Waals surface area contributed by atoms with E-state index >= 15 is 0 Å². The molecule has 0 amide bonds. The smallest absolute Gasteiger partial charge is 0.0282 e. The van der Waals surface area contributed by atoms with Gasteiger partial charge in [-0.3, -0.25) is 0 Å². The Bertz CT molecular complexity index is 194. The lowest BCUT2D eigenvalue weighted by Crippen LogP contribution is -1.78. The van der Waals surface area contributed by atoms with Crippen LogP contribution in [0.25, 0.3) is 0 Å². The highest BCUT2D eigenvalue weighted by atomic mass is 13.9. The number of unbranched alkanes of at least 4 members (excludes halogenated alkanes) is 1. The second kappa shape index (κ2) is 20.6. The summed E-state index contributed by atoms with van der Waals surface area (Å²) in [6.45, 7) is 18.4. The molecule has 0 N–H and O–H groups in total. The Morgan fingerprint density at radius 1 is 1.06 bits per heavy atom. The fourth-order valence-electron chi connectivity index (χ4n) is 0.954. The normalized spacial score (nSPS) is 10.2. The Hall–Kier alpha value is -0.780. The molecule has 0 spiro atoms. The van der Waals surface area contributed by atoms with Crippen LogP contribution >= 0.6 is 0 Å². The molecule has 0 aromatic rings. The van der Waals surface area contributed by atoms with Crippen LogP contribution < -0.4 is 0 Å². The van der Waals surface area contributed by atoms with Gasteiger partial charge in [0.05, 0.1) is 0 Å². The van der Waals surface area contributed by atoms with Crippen LogP contribution in [0.1, 0.15) is 74.1 Å². The van der Waals surface area contributed by atoms with Gasteiger partial charge in [0, 0.05) is 0 Å². The van der Waals surface area contributed by atoms with E-state index in [4.69, 9.17) is 0 Å². The van der Waals surface area contributed by atoms with Crippen molar-refractivity contribution in [2.45, 2.75) is 74.1 Å². The summed E-state index contributed by atoms with van der Waals surface area (Å²) >= 11 is 0. The molecule has 0 aliphatic heterocycles. The first-order valence-electron chi connectivity index (χ1n) is 7.11. The first-order chi connectivity index (χ1) is 8.12. The van der Waals surface area contributed by atoms with Gasteiger partial charge in [0.2, 0.25) is 0 Å². The minimum Gasteiger partial charge on any atom is -0.0961 e. The van der Waals surface area contributed by atoms with Gasteiger partial charge in [-0.15, -0.1) is 0 Å². The second-order valence-electron chi connectivity index (χ2n) is 3.85. The van der Waals surface area contributed by atoms with Gasteiger partial charge < -0.3 is 0 Å². The monoisotopic (exact) mass is 238 g/mol. The molecule has 0 aromatic carbocycles. The molecular formula is C17H34. The van der Waals surface area contributed by atoms with Crippen molar-refractivity contribution >= 4 is 0 Å². The largest absolute Gasteiger partial charge is 0.0961 e. The van der Waals surface area contributed by atoms with Gasteiger partial charge in [-0.05, 0) is 26.7 Å². The highest BCUT2D eigenvalue weighted by Gasteiger charge is 1.89. The number of allylic oxidation sites excluding steroid dienone is 5. The zero-order valence-electron chi connectivity index (χ0n) is 13.3. The molecule has 102 valence electrons. The molecule has 0 aliphatic carbocycles. The van der Waals surface area contributed by atoms with Gasteiger partial charge in [-0.25, -0.2) is 0 Å². The van der Waals surface area contributed by atoms with Gasteiger partial charge in [0.25, 0.3) is 0 Å². The van der Waals surface area contributed by atoms with E-state index in [-0.39, 0.29) is 0 Å². The van der Waals surface area contributed by atoms with Crippen LogP contribution in [0.4, 0.5) is 0 Å². The minimum absolute atomic E-state index is 1.12. The van der Waals surface area contributed by atoms with Crippen molar-refractivity contribution in [2.75, 3.05) is 0 Å². The minimum atomic E-state index is 1.12. The van der Waals surface area contributed by atoms with E-state index in [1.807, 2.05) is 20.8 Å². The Kier molecular flexibility index (Phi) is 26.1. The predicted molar refractivity (Wildman–Crippen MR) is 84.5 cm³/mol. The van der Waals surface area contributed by atoms with Crippen LogP contribution in [-0.2, 0) is 0 Å². The summed E-state index contributed by atoms with van der Waals surface area (Å²) in [7, 11) is 0. The van der Waals surface area contributed by atoms with Crippen molar-refractivity contribution in [3.8, 4) is 0 Å². The van der Waals surface area contributed by atoms with Gasteiger partial charge in [0.15, 0.2) is 0 Å². The molecule has 0 nitrogen and oxygen atoms in total. The number of hydrogen-bond donors (Lipinski definition) is 0. The average Bonchev–Trinajstić information content (AvgIpc) is 2.33. The second-order valence-corrected chi connectivity index (χ2v) is 3.85. The quantitative estimate of drug-likeness (QED) is 0.468. The average molecular weight is 238 g/mol. The van der Waals surface area contributed by atoms with Gasteiger partial charge in [0.1, 0.15) is 0 Å². The van der Waals surface area contributed by atoms with E-state index in [1.165, 1.54) is 31.3 Å². The third-order valence-electron chi connectivity index (χ3n) is 1.77. The Morgan fingerprint density at radius 2 is 1.53 bits per heavy atom. The lowest BCUT2D eigenvalue weighted by Gasteiger charge is -1.98. The van der Waals surface area contributed by atoms with Crippen LogP contribution in [0.15, 0.2) is 36.0 Å².